The zero-order valence-electron chi connectivity index (χ0n) is 29.1. The number of aliphatic hydroxyl groups is 1. The smallest absolute Gasteiger partial charge is 0.308 e. The summed E-state index contributed by atoms with van der Waals surface area (Å²) in [6.07, 6.45) is 12.7. The van der Waals surface area contributed by atoms with Crippen molar-refractivity contribution in [3.63, 3.8) is 0 Å². The van der Waals surface area contributed by atoms with Gasteiger partial charge < -0.3 is 24.5 Å². The summed E-state index contributed by atoms with van der Waals surface area (Å²) in [6.45, 7) is 6.39. The van der Waals surface area contributed by atoms with Crippen molar-refractivity contribution in [2.24, 2.45) is 17.3 Å². The molecule has 50 heavy (non-hydrogen) atoms. The van der Waals surface area contributed by atoms with Crippen LogP contribution < -0.4 is 9.64 Å². The number of ether oxygens (including phenoxy) is 1. The lowest BCUT2D eigenvalue weighted by atomic mass is 9.53. The van der Waals surface area contributed by atoms with Crippen molar-refractivity contribution in [1.29, 1.82) is 0 Å². The first-order valence-electron chi connectivity index (χ1n) is 18.4. The van der Waals surface area contributed by atoms with E-state index < -0.39 is 11.6 Å². The molecular weight excluding hydrogens is 628 g/mol. The monoisotopic (exact) mass is 674 g/mol. The van der Waals surface area contributed by atoms with Crippen LogP contribution >= 0.6 is 0 Å². The predicted molar refractivity (Wildman–Crippen MR) is 191 cm³/mol. The Labute approximate surface area is 294 Å². The van der Waals surface area contributed by atoms with Crippen LogP contribution in [0.4, 0.5) is 5.69 Å². The van der Waals surface area contributed by atoms with Crippen molar-refractivity contribution >= 4 is 34.4 Å². The average Bonchev–Trinajstić information content (AvgIpc) is 3.73. The molecule has 4 fully saturated rings. The highest BCUT2D eigenvalue weighted by molar-refractivity contribution is 5.98. The Bertz CT molecular complexity index is 1910. The number of anilines is 1. The molecule has 3 heterocycles. The van der Waals surface area contributed by atoms with Crippen LogP contribution in [0.2, 0.25) is 0 Å². The third kappa shape index (κ3) is 5.26. The van der Waals surface area contributed by atoms with Crippen molar-refractivity contribution in [1.82, 2.24) is 14.8 Å². The van der Waals surface area contributed by atoms with Gasteiger partial charge in [0.05, 0.1) is 11.2 Å². The molecule has 9 nitrogen and oxygen atoms in total. The molecule has 0 spiro atoms. The van der Waals surface area contributed by atoms with Gasteiger partial charge in [-0.15, -0.1) is 6.42 Å². The van der Waals surface area contributed by atoms with Crippen LogP contribution in [0.25, 0.3) is 10.9 Å². The maximum absolute atomic E-state index is 13.9. The minimum Gasteiger partial charge on any atom is -0.424 e. The third-order valence-corrected chi connectivity index (χ3v) is 13.0. The Kier molecular flexibility index (Phi) is 8.14. The lowest BCUT2D eigenvalue weighted by molar-refractivity contribution is -0.135. The lowest BCUT2D eigenvalue weighted by Crippen LogP contribution is -2.54. The van der Waals surface area contributed by atoms with E-state index in [4.69, 9.17) is 11.2 Å². The quantitative estimate of drug-likeness (QED) is 0.227. The number of amides is 2. The summed E-state index contributed by atoms with van der Waals surface area (Å²) in [7, 11) is 0. The molecule has 0 unspecified atom stereocenters. The number of benzene rings is 2. The minimum absolute atomic E-state index is 0.0153. The summed E-state index contributed by atoms with van der Waals surface area (Å²) in [5, 5.41) is 12.4. The first kappa shape index (κ1) is 32.8. The van der Waals surface area contributed by atoms with Crippen molar-refractivity contribution in [3.8, 4) is 18.1 Å². The molecule has 2 aliphatic heterocycles. The van der Waals surface area contributed by atoms with Crippen LogP contribution in [-0.4, -0.2) is 82.0 Å². The number of para-hydroxylation sites is 1. The van der Waals surface area contributed by atoms with Gasteiger partial charge in [-0.05, 0) is 105 Å². The third-order valence-electron chi connectivity index (χ3n) is 13.0. The van der Waals surface area contributed by atoms with Crippen LogP contribution in [0.1, 0.15) is 86.3 Å². The number of aromatic nitrogens is 1. The molecule has 0 radical (unpaired) electrons. The van der Waals surface area contributed by atoms with Gasteiger partial charge in [0.1, 0.15) is 17.3 Å². The number of hydrogen-bond acceptors (Lipinski definition) is 7. The highest BCUT2D eigenvalue weighted by atomic mass is 16.5. The number of esters is 1. The number of carbonyl (C=O) groups is 3. The highest BCUT2D eigenvalue weighted by Crippen LogP contribution is 2.64. The van der Waals surface area contributed by atoms with Gasteiger partial charge >= 0.3 is 5.97 Å². The zero-order valence-corrected chi connectivity index (χ0v) is 29.1. The first-order chi connectivity index (χ1) is 24.1. The Balaban J connectivity index is 0.993. The van der Waals surface area contributed by atoms with Crippen molar-refractivity contribution < 1.29 is 24.2 Å². The van der Waals surface area contributed by atoms with Gasteiger partial charge in [0.25, 0.3) is 5.91 Å². The van der Waals surface area contributed by atoms with E-state index in [9.17, 15) is 19.5 Å². The SMILES string of the molecule is C#C[C@@]1(O)CC[C@H]2[C@@H]3CCc4cc(OC(C)=O)c(N5CCN(C(=O)[C@@H]6CCCN6C(=O)c6ccc7ccccc7n6)CC5)cc4[C@H]3CC[C@@]21C. The molecule has 2 aromatic carbocycles. The summed E-state index contributed by atoms with van der Waals surface area (Å²) >= 11 is 0. The summed E-state index contributed by atoms with van der Waals surface area (Å²) in [5.41, 5.74) is 3.27. The molecule has 9 heteroatoms. The second-order valence-corrected chi connectivity index (χ2v) is 15.4. The number of rotatable bonds is 4. The molecule has 2 amide bonds. The van der Waals surface area contributed by atoms with Crippen molar-refractivity contribution in [3.05, 3.63) is 65.4 Å². The maximum Gasteiger partial charge on any atom is 0.308 e. The van der Waals surface area contributed by atoms with Crippen molar-refractivity contribution in [2.45, 2.75) is 82.8 Å². The minimum atomic E-state index is -1.04. The Morgan fingerprint density at radius 2 is 1.78 bits per heavy atom. The molecule has 5 aliphatic rings. The van der Waals surface area contributed by atoms with E-state index in [1.807, 2.05) is 35.2 Å². The normalized spacial score (nSPS) is 30.3. The fourth-order valence-electron chi connectivity index (χ4n) is 10.3. The average molecular weight is 675 g/mol. The van der Waals surface area contributed by atoms with E-state index in [2.05, 4.69) is 34.9 Å². The summed E-state index contributed by atoms with van der Waals surface area (Å²) in [6, 6.07) is 15.2. The van der Waals surface area contributed by atoms with Crippen LogP contribution in [0.3, 0.4) is 0 Å². The molecule has 2 saturated carbocycles. The second-order valence-electron chi connectivity index (χ2n) is 15.4. The molecule has 6 atom stereocenters. The summed E-state index contributed by atoms with van der Waals surface area (Å²) in [4.78, 5) is 50.3. The molecule has 1 N–H and O–H groups in total. The number of piperazine rings is 1. The fourth-order valence-corrected chi connectivity index (χ4v) is 10.3. The molecule has 3 aliphatic carbocycles. The Hall–Kier alpha value is -4.42. The van der Waals surface area contributed by atoms with E-state index >= 15 is 0 Å². The number of aryl methyl sites for hydroxylation is 1. The summed E-state index contributed by atoms with van der Waals surface area (Å²) < 4.78 is 5.83. The highest BCUT2D eigenvalue weighted by Gasteiger charge is 2.61. The lowest BCUT2D eigenvalue weighted by Gasteiger charge is -2.52. The van der Waals surface area contributed by atoms with Crippen molar-refractivity contribution in [2.75, 3.05) is 37.6 Å². The number of nitrogens with zero attached hydrogens (tertiary/aromatic N) is 4. The number of carbonyl (C=O) groups excluding carboxylic acids is 3. The van der Waals surface area contributed by atoms with Crippen LogP contribution in [0, 0.1) is 29.6 Å². The molecule has 0 bridgehead atoms. The number of pyridine rings is 1. The Morgan fingerprint density at radius 1 is 0.980 bits per heavy atom. The molecule has 1 aromatic heterocycles. The predicted octanol–water partition coefficient (Wildman–Crippen LogP) is 5.33. The van der Waals surface area contributed by atoms with Gasteiger partial charge in [-0.1, -0.05) is 37.1 Å². The molecule has 8 rings (SSSR count). The maximum atomic E-state index is 13.9. The topological polar surface area (TPSA) is 103 Å². The standard InChI is InChI=1S/C41H46N4O5/c1-4-41(49)18-16-32-30-13-11-28-24-37(50-26(2)46)36(25-31(28)29(30)15-17-40(32,41)3)43-20-22-44(23-21-43)39(48)35-10-7-19-45(35)38(47)34-14-12-27-8-5-6-9-33(27)42-34/h1,5-6,8-9,12,14,24-25,29-30,32,35,49H,7,10-11,13,15-23H2,2-3H3/t29-,30+,32-,35-,40-,41+/m0/s1. The second kappa shape index (κ2) is 12.4. The first-order valence-corrected chi connectivity index (χ1v) is 18.4. The summed E-state index contributed by atoms with van der Waals surface area (Å²) in [5.74, 6) is 3.98. The van der Waals surface area contributed by atoms with Crippen LogP contribution in [0.5, 0.6) is 5.75 Å². The molecular formula is C41H46N4O5. The van der Waals surface area contributed by atoms with Gasteiger partial charge in [0, 0.05) is 50.4 Å². The van der Waals surface area contributed by atoms with Crippen LogP contribution in [-0.2, 0) is 16.0 Å². The van der Waals surface area contributed by atoms with Gasteiger partial charge in [-0.25, -0.2) is 4.98 Å². The molecule has 260 valence electrons. The fraction of sp³-hybridized carbons (Fsp3) is 0.512. The number of likely N-dealkylation sites (tertiary alicyclic amines) is 1. The van der Waals surface area contributed by atoms with Gasteiger partial charge in [0.2, 0.25) is 5.91 Å². The van der Waals surface area contributed by atoms with Gasteiger partial charge in [-0.3, -0.25) is 14.4 Å². The van der Waals surface area contributed by atoms with Gasteiger partial charge in [0.15, 0.2) is 5.75 Å². The molecule has 2 saturated heterocycles. The van der Waals surface area contributed by atoms with Gasteiger partial charge in [-0.2, -0.15) is 0 Å². The van der Waals surface area contributed by atoms with E-state index in [0.717, 1.165) is 55.1 Å². The van der Waals surface area contributed by atoms with E-state index in [-0.39, 0.29) is 23.2 Å². The van der Waals surface area contributed by atoms with Crippen LogP contribution in [0.15, 0.2) is 48.5 Å². The molecule has 3 aromatic rings. The number of hydrogen-bond donors (Lipinski definition) is 1. The van der Waals surface area contributed by atoms with E-state index in [1.54, 1.807) is 11.0 Å². The zero-order chi connectivity index (χ0) is 34.8. The number of terminal acetylenes is 1. The van der Waals surface area contributed by atoms with E-state index in [1.165, 1.54) is 18.1 Å². The number of fused-ring (bicyclic) bond motifs is 6. The largest absolute Gasteiger partial charge is 0.424 e. The Morgan fingerprint density at radius 3 is 2.56 bits per heavy atom. The van der Waals surface area contributed by atoms with E-state index in [0.29, 0.717) is 74.8 Å².